The van der Waals surface area contributed by atoms with Gasteiger partial charge in [0.25, 0.3) is 0 Å². The summed E-state index contributed by atoms with van der Waals surface area (Å²) in [6, 6.07) is 5.92. The van der Waals surface area contributed by atoms with Gasteiger partial charge in [-0.25, -0.2) is 4.98 Å². The Labute approximate surface area is 108 Å². The van der Waals surface area contributed by atoms with Gasteiger partial charge < -0.3 is 10.4 Å². The Kier molecular flexibility index (Phi) is 2.85. The highest BCUT2D eigenvalue weighted by Crippen LogP contribution is 2.29. The number of hydrogen-bond acceptors (Lipinski definition) is 4. The maximum atomic E-state index is 11.3. The van der Waals surface area contributed by atoms with Gasteiger partial charge in [0, 0.05) is 23.1 Å². The summed E-state index contributed by atoms with van der Waals surface area (Å²) in [6.07, 6.45) is 1.31. The molecule has 0 aliphatic carbocycles. The van der Waals surface area contributed by atoms with E-state index in [-0.39, 0.29) is 12.5 Å². The molecule has 0 saturated heterocycles. The van der Waals surface area contributed by atoms with Crippen LogP contribution in [0.2, 0.25) is 0 Å². The zero-order valence-corrected chi connectivity index (χ0v) is 10.5. The summed E-state index contributed by atoms with van der Waals surface area (Å²) in [5.41, 5.74) is 3.95. The smallest absolute Gasteiger partial charge is 0.224 e. The highest BCUT2D eigenvalue weighted by molar-refractivity contribution is 7.09. The molecule has 0 unspecified atom stereocenters. The quantitative estimate of drug-likeness (QED) is 0.870. The number of carbonyl (C=O) groups is 1. The predicted molar refractivity (Wildman–Crippen MR) is 70.4 cm³/mol. The van der Waals surface area contributed by atoms with E-state index in [1.54, 1.807) is 0 Å². The van der Waals surface area contributed by atoms with Crippen molar-refractivity contribution in [1.29, 1.82) is 0 Å². The molecule has 0 saturated carbocycles. The molecule has 1 aromatic heterocycles. The molecule has 0 fully saturated rings. The number of nitrogens with one attached hydrogen (secondary N) is 1. The second-order valence-corrected chi connectivity index (χ2v) is 5.15. The van der Waals surface area contributed by atoms with E-state index < -0.39 is 0 Å². The molecule has 92 valence electrons. The van der Waals surface area contributed by atoms with Crippen LogP contribution in [0, 0.1) is 0 Å². The normalized spacial score (nSPS) is 14.2. The molecule has 0 atom stereocenters. The van der Waals surface area contributed by atoms with Crippen LogP contribution in [0.1, 0.15) is 17.0 Å². The Balaban J connectivity index is 1.97. The fraction of sp³-hybridized carbons (Fsp3) is 0.231. The number of aliphatic hydroxyl groups excluding tert-OH is 1. The van der Waals surface area contributed by atoms with Crippen molar-refractivity contribution in [2.75, 3.05) is 5.32 Å². The van der Waals surface area contributed by atoms with Gasteiger partial charge in [-0.2, -0.15) is 0 Å². The molecule has 1 aliphatic rings. The molecule has 0 spiro atoms. The first-order valence-electron chi connectivity index (χ1n) is 5.74. The summed E-state index contributed by atoms with van der Waals surface area (Å²) in [5.74, 6) is 0.0754. The number of hydrogen-bond donors (Lipinski definition) is 2. The van der Waals surface area contributed by atoms with Crippen LogP contribution in [-0.2, 0) is 17.8 Å². The lowest BCUT2D eigenvalue weighted by atomic mass is 9.99. The first kappa shape index (κ1) is 11.4. The molecule has 1 aliphatic heterocycles. The fourth-order valence-corrected chi connectivity index (χ4v) is 2.72. The third-order valence-corrected chi connectivity index (χ3v) is 3.82. The molecular formula is C13H12N2O2S. The van der Waals surface area contributed by atoms with Gasteiger partial charge in [0.2, 0.25) is 5.91 Å². The summed E-state index contributed by atoms with van der Waals surface area (Å²) in [4.78, 5) is 15.6. The number of benzene rings is 1. The van der Waals surface area contributed by atoms with Crippen molar-refractivity contribution >= 4 is 22.9 Å². The van der Waals surface area contributed by atoms with Crippen molar-refractivity contribution in [3.05, 3.63) is 34.2 Å². The number of amides is 1. The van der Waals surface area contributed by atoms with E-state index in [0.717, 1.165) is 33.9 Å². The van der Waals surface area contributed by atoms with Crippen molar-refractivity contribution in [2.24, 2.45) is 0 Å². The molecule has 3 rings (SSSR count). The summed E-state index contributed by atoms with van der Waals surface area (Å²) in [7, 11) is 0. The minimum atomic E-state index is -0.0222. The molecular weight excluding hydrogens is 248 g/mol. The molecule has 1 amide bonds. The van der Waals surface area contributed by atoms with Gasteiger partial charge in [-0.15, -0.1) is 11.3 Å². The Morgan fingerprint density at radius 1 is 1.39 bits per heavy atom. The third kappa shape index (κ3) is 2.02. The number of thiazole rings is 1. The van der Waals surface area contributed by atoms with Gasteiger partial charge in [-0.3, -0.25) is 4.79 Å². The van der Waals surface area contributed by atoms with Crippen molar-refractivity contribution in [3.63, 3.8) is 0 Å². The number of aliphatic hydroxyl groups is 1. The molecule has 2 heterocycles. The number of aromatic nitrogens is 1. The minimum absolute atomic E-state index is 0.0222. The Morgan fingerprint density at radius 3 is 3.06 bits per heavy atom. The lowest BCUT2D eigenvalue weighted by molar-refractivity contribution is -0.116. The molecule has 2 N–H and O–H groups in total. The number of anilines is 1. The molecule has 0 bridgehead atoms. The van der Waals surface area contributed by atoms with Crippen LogP contribution < -0.4 is 5.32 Å². The van der Waals surface area contributed by atoms with Crippen LogP contribution in [0.25, 0.3) is 11.3 Å². The van der Waals surface area contributed by atoms with Crippen LogP contribution in [0.3, 0.4) is 0 Å². The number of fused-ring (bicyclic) bond motifs is 1. The van der Waals surface area contributed by atoms with Gasteiger partial charge in [0.1, 0.15) is 5.01 Å². The molecule has 2 aromatic rings. The molecule has 4 nitrogen and oxygen atoms in total. The van der Waals surface area contributed by atoms with E-state index in [4.69, 9.17) is 5.11 Å². The molecule has 1 aromatic carbocycles. The summed E-state index contributed by atoms with van der Waals surface area (Å²) >= 11 is 1.45. The fourth-order valence-electron chi connectivity index (χ4n) is 2.06. The summed E-state index contributed by atoms with van der Waals surface area (Å²) in [5, 5.41) is 14.5. The van der Waals surface area contributed by atoms with Crippen LogP contribution in [0.4, 0.5) is 5.69 Å². The van der Waals surface area contributed by atoms with Gasteiger partial charge >= 0.3 is 0 Å². The van der Waals surface area contributed by atoms with Crippen LogP contribution in [0.15, 0.2) is 23.6 Å². The van der Waals surface area contributed by atoms with Crippen molar-refractivity contribution in [3.8, 4) is 11.3 Å². The maximum absolute atomic E-state index is 11.3. The average molecular weight is 260 g/mol. The van der Waals surface area contributed by atoms with E-state index in [1.807, 2.05) is 17.5 Å². The van der Waals surface area contributed by atoms with E-state index in [0.29, 0.717) is 6.42 Å². The SMILES string of the molecule is O=C1CCc2cc(-c3csc(CO)n3)ccc2N1. The van der Waals surface area contributed by atoms with Gasteiger partial charge in [0.15, 0.2) is 0 Å². The average Bonchev–Trinajstić information content (AvgIpc) is 2.87. The number of aryl methyl sites for hydroxylation is 1. The van der Waals surface area contributed by atoms with Crippen LogP contribution in [0.5, 0.6) is 0 Å². The number of carbonyl (C=O) groups excluding carboxylic acids is 1. The van der Waals surface area contributed by atoms with Crippen LogP contribution in [-0.4, -0.2) is 16.0 Å². The highest BCUT2D eigenvalue weighted by Gasteiger charge is 2.15. The number of nitrogens with zero attached hydrogens (tertiary/aromatic N) is 1. The second-order valence-electron chi connectivity index (χ2n) is 4.20. The predicted octanol–water partition coefficient (Wildman–Crippen LogP) is 2.19. The van der Waals surface area contributed by atoms with Gasteiger partial charge in [-0.05, 0) is 24.1 Å². The number of rotatable bonds is 2. The molecule has 0 radical (unpaired) electrons. The molecule has 5 heteroatoms. The topological polar surface area (TPSA) is 62.2 Å². The van der Waals surface area contributed by atoms with E-state index in [9.17, 15) is 4.79 Å². The van der Waals surface area contributed by atoms with Crippen molar-refractivity contribution in [2.45, 2.75) is 19.4 Å². The summed E-state index contributed by atoms with van der Waals surface area (Å²) < 4.78 is 0. The first-order chi connectivity index (χ1) is 8.76. The van der Waals surface area contributed by atoms with E-state index >= 15 is 0 Å². The monoisotopic (exact) mass is 260 g/mol. The van der Waals surface area contributed by atoms with E-state index in [2.05, 4.69) is 16.4 Å². The third-order valence-electron chi connectivity index (χ3n) is 2.98. The van der Waals surface area contributed by atoms with Crippen molar-refractivity contribution < 1.29 is 9.90 Å². The second kappa shape index (κ2) is 4.51. The maximum Gasteiger partial charge on any atom is 0.224 e. The standard InChI is InChI=1S/C13H12N2O2S/c16-6-13-15-11(7-18-13)9-1-3-10-8(5-9)2-4-12(17)14-10/h1,3,5,7,16H,2,4,6H2,(H,14,17). The largest absolute Gasteiger partial charge is 0.389 e. The lowest BCUT2D eigenvalue weighted by Gasteiger charge is -2.17. The Bertz CT molecular complexity index is 607. The first-order valence-corrected chi connectivity index (χ1v) is 6.62. The zero-order valence-electron chi connectivity index (χ0n) is 9.64. The van der Waals surface area contributed by atoms with Gasteiger partial charge in [-0.1, -0.05) is 6.07 Å². The Morgan fingerprint density at radius 2 is 2.28 bits per heavy atom. The minimum Gasteiger partial charge on any atom is -0.389 e. The Hall–Kier alpha value is -1.72. The molecule has 18 heavy (non-hydrogen) atoms. The highest BCUT2D eigenvalue weighted by atomic mass is 32.1. The van der Waals surface area contributed by atoms with E-state index in [1.165, 1.54) is 11.3 Å². The van der Waals surface area contributed by atoms with Gasteiger partial charge in [0.05, 0.1) is 12.3 Å². The summed E-state index contributed by atoms with van der Waals surface area (Å²) in [6.45, 7) is -0.0222. The van der Waals surface area contributed by atoms with Crippen molar-refractivity contribution in [1.82, 2.24) is 4.98 Å². The van der Waals surface area contributed by atoms with Crippen LogP contribution >= 0.6 is 11.3 Å². The zero-order chi connectivity index (χ0) is 12.5. The lowest BCUT2D eigenvalue weighted by Crippen LogP contribution is -2.18.